The Morgan fingerprint density at radius 2 is 1.96 bits per heavy atom. The molecule has 25 heavy (non-hydrogen) atoms. The summed E-state index contributed by atoms with van der Waals surface area (Å²) in [5.41, 5.74) is 1.59. The van der Waals surface area contributed by atoms with E-state index in [9.17, 15) is 0 Å². The van der Waals surface area contributed by atoms with Crippen molar-refractivity contribution in [1.29, 1.82) is 0 Å². The Kier molecular flexibility index (Phi) is 4.63. The molecule has 6 nitrogen and oxygen atoms in total. The SMILES string of the molecule is Clc1cccc(-c2noc(-c3ccc(NC4CCOCC4)nc3)n2)c1. The van der Waals surface area contributed by atoms with Gasteiger partial charge in [-0.05, 0) is 37.1 Å². The summed E-state index contributed by atoms with van der Waals surface area (Å²) < 4.78 is 10.7. The van der Waals surface area contributed by atoms with E-state index in [4.69, 9.17) is 20.9 Å². The maximum atomic E-state index is 6.00. The first-order valence-corrected chi connectivity index (χ1v) is 8.56. The number of ether oxygens (including phenoxy) is 1. The number of anilines is 1. The van der Waals surface area contributed by atoms with Crippen LogP contribution in [0.4, 0.5) is 5.82 Å². The topological polar surface area (TPSA) is 73.1 Å². The van der Waals surface area contributed by atoms with E-state index < -0.39 is 0 Å². The zero-order valence-electron chi connectivity index (χ0n) is 13.5. The number of nitrogens with one attached hydrogen (secondary N) is 1. The average Bonchev–Trinajstić information content (AvgIpc) is 3.13. The predicted molar refractivity (Wildman–Crippen MR) is 95.4 cm³/mol. The Hall–Kier alpha value is -2.44. The van der Waals surface area contributed by atoms with Crippen LogP contribution in [0.15, 0.2) is 47.1 Å². The van der Waals surface area contributed by atoms with Crippen LogP contribution in [0.1, 0.15) is 12.8 Å². The summed E-state index contributed by atoms with van der Waals surface area (Å²) in [4.78, 5) is 8.87. The van der Waals surface area contributed by atoms with Crippen LogP contribution in [0, 0.1) is 0 Å². The van der Waals surface area contributed by atoms with Crippen molar-refractivity contribution in [2.75, 3.05) is 18.5 Å². The van der Waals surface area contributed by atoms with Crippen LogP contribution >= 0.6 is 11.6 Å². The van der Waals surface area contributed by atoms with Gasteiger partial charge in [-0.1, -0.05) is 28.9 Å². The number of aromatic nitrogens is 3. The fourth-order valence-corrected chi connectivity index (χ4v) is 2.93. The molecule has 0 saturated carbocycles. The van der Waals surface area contributed by atoms with Gasteiger partial charge in [0.15, 0.2) is 0 Å². The van der Waals surface area contributed by atoms with Gasteiger partial charge in [-0.3, -0.25) is 0 Å². The molecule has 1 aliphatic rings. The molecule has 2 aromatic heterocycles. The Balaban J connectivity index is 1.48. The Bertz CT molecular complexity index is 844. The number of nitrogens with zero attached hydrogens (tertiary/aromatic N) is 3. The predicted octanol–water partition coefficient (Wildman–Crippen LogP) is 4.04. The molecule has 0 radical (unpaired) electrons. The molecular weight excluding hydrogens is 340 g/mol. The maximum absolute atomic E-state index is 6.00. The van der Waals surface area contributed by atoms with Gasteiger partial charge in [0.05, 0.1) is 5.56 Å². The van der Waals surface area contributed by atoms with Crippen LogP contribution in [0.5, 0.6) is 0 Å². The fourth-order valence-electron chi connectivity index (χ4n) is 2.74. The highest BCUT2D eigenvalue weighted by Gasteiger charge is 2.15. The molecule has 4 rings (SSSR count). The van der Waals surface area contributed by atoms with E-state index in [0.29, 0.717) is 22.8 Å². The van der Waals surface area contributed by atoms with Crippen LogP contribution in [-0.4, -0.2) is 34.4 Å². The van der Waals surface area contributed by atoms with Crippen molar-refractivity contribution in [3.8, 4) is 22.8 Å². The van der Waals surface area contributed by atoms with E-state index in [1.54, 1.807) is 18.3 Å². The lowest BCUT2D eigenvalue weighted by molar-refractivity contribution is 0.0904. The number of hydrogen-bond donors (Lipinski definition) is 1. The van der Waals surface area contributed by atoms with Crippen molar-refractivity contribution >= 4 is 17.4 Å². The number of pyridine rings is 1. The quantitative estimate of drug-likeness (QED) is 0.760. The molecule has 1 aliphatic heterocycles. The van der Waals surface area contributed by atoms with E-state index in [2.05, 4.69) is 20.4 Å². The highest BCUT2D eigenvalue weighted by molar-refractivity contribution is 6.30. The first kappa shape index (κ1) is 16.1. The van der Waals surface area contributed by atoms with Gasteiger partial charge in [0.1, 0.15) is 5.82 Å². The molecule has 1 N–H and O–H groups in total. The monoisotopic (exact) mass is 356 g/mol. The molecule has 0 unspecified atom stereocenters. The Morgan fingerprint density at radius 1 is 1.08 bits per heavy atom. The number of halogens is 1. The maximum Gasteiger partial charge on any atom is 0.259 e. The van der Waals surface area contributed by atoms with Gasteiger partial charge in [-0.25, -0.2) is 4.98 Å². The minimum Gasteiger partial charge on any atom is -0.381 e. The molecule has 1 aromatic carbocycles. The van der Waals surface area contributed by atoms with Gasteiger partial charge < -0.3 is 14.6 Å². The number of benzene rings is 1. The lowest BCUT2D eigenvalue weighted by Gasteiger charge is -2.23. The second-order valence-corrected chi connectivity index (χ2v) is 6.33. The molecule has 3 heterocycles. The molecule has 1 fully saturated rings. The molecule has 128 valence electrons. The van der Waals surface area contributed by atoms with Crippen LogP contribution in [0.25, 0.3) is 22.8 Å². The second kappa shape index (κ2) is 7.21. The lowest BCUT2D eigenvalue weighted by atomic mass is 10.1. The highest BCUT2D eigenvalue weighted by atomic mass is 35.5. The minimum absolute atomic E-state index is 0.407. The summed E-state index contributed by atoms with van der Waals surface area (Å²) in [6, 6.07) is 11.6. The first-order valence-electron chi connectivity index (χ1n) is 8.18. The van der Waals surface area contributed by atoms with Gasteiger partial charge >= 0.3 is 0 Å². The second-order valence-electron chi connectivity index (χ2n) is 5.90. The molecule has 0 aliphatic carbocycles. The van der Waals surface area contributed by atoms with Crippen LogP contribution < -0.4 is 5.32 Å². The van der Waals surface area contributed by atoms with Crippen molar-refractivity contribution in [2.24, 2.45) is 0 Å². The zero-order chi connectivity index (χ0) is 17.1. The van der Waals surface area contributed by atoms with Crippen molar-refractivity contribution in [2.45, 2.75) is 18.9 Å². The summed E-state index contributed by atoms with van der Waals surface area (Å²) in [7, 11) is 0. The summed E-state index contributed by atoms with van der Waals surface area (Å²) in [5.74, 6) is 1.77. The summed E-state index contributed by atoms with van der Waals surface area (Å²) in [5, 5.41) is 8.08. The van der Waals surface area contributed by atoms with Crippen molar-refractivity contribution in [3.63, 3.8) is 0 Å². The van der Waals surface area contributed by atoms with E-state index in [0.717, 1.165) is 43.0 Å². The summed E-state index contributed by atoms with van der Waals surface area (Å²) >= 11 is 6.00. The van der Waals surface area contributed by atoms with Crippen molar-refractivity contribution in [3.05, 3.63) is 47.6 Å². The third-order valence-corrected chi connectivity index (χ3v) is 4.33. The molecule has 0 atom stereocenters. The van der Waals surface area contributed by atoms with E-state index >= 15 is 0 Å². The summed E-state index contributed by atoms with van der Waals surface area (Å²) in [6.45, 7) is 1.59. The number of rotatable bonds is 4. The lowest BCUT2D eigenvalue weighted by Crippen LogP contribution is -2.28. The normalized spacial score (nSPS) is 15.2. The van der Waals surface area contributed by atoms with Gasteiger partial charge in [-0.15, -0.1) is 0 Å². The van der Waals surface area contributed by atoms with E-state index in [-0.39, 0.29) is 0 Å². The van der Waals surface area contributed by atoms with Crippen LogP contribution in [0.3, 0.4) is 0 Å². The minimum atomic E-state index is 0.407. The smallest absolute Gasteiger partial charge is 0.259 e. The Morgan fingerprint density at radius 3 is 2.72 bits per heavy atom. The van der Waals surface area contributed by atoms with Crippen molar-refractivity contribution < 1.29 is 9.26 Å². The van der Waals surface area contributed by atoms with Gasteiger partial charge in [-0.2, -0.15) is 4.98 Å². The van der Waals surface area contributed by atoms with E-state index in [1.165, 1.54) is 0 Å². The molecule has 0 bridgehead atoms. The first-order chi connectivity index (χ1) is 12.3. The van der Waals surface area contributed by atoms with Crippen molar-refractivity contribution in [1.82, 2.24) is 15.1 Å². The van der Waals surface area contributed by atoms with E-state index in [1.807, 2.05) is 24.3 Å². The molecule has 7 heteroatoms. The fraction of sp³-hybridized carbons (Fsp3) is 0.278. The molecule has 3 aromatic rings. The standard InChI is InChI=1S/C18H17ClN4O2/c19-14-3-1-2-12(10-14)17-22-18(25-23-17)13-4-5-16(20-11-13)21-15-6-8-24-9-7-15/h1-5,10-11,15H,6-9H2,(H,20,21). The summed E-state index contributed by atoms with van der Waals surface area (Å²) in [6.07, 6.45) is 3.73. The molecule has 0 amide bonds. The number of hydrogen-bond acceptors (Lipinski definition) is 6. The van der Waals surface area contributed by atoms with Gasteiger partial charge in [0, 0.05) is 36.0 Å². The molecule has 1 saturated heterocycles. The molecular formula is C18H17ClN4O2. The molecule has 0 spiro atoms. The Labute approximate surface area is 150 Å². The third-order valence-electron chi connectivity index (χ3n) is 4.09. The van der Waals surface area contributed by atoms with Crippen LogP contribution in [-0.2, 0) is 4.74 Å². The highest BCUT2D eigenvalue weighted by Crippen LogP contribution is 2.24. The largest absolute Gasteiger partial charge is 0.381 e. The van der Waals surface area contributed by atoms with Gasteiger partial charge in [0.2, 0.25) is 5.82 Å². The van der Waals surface area contributed by atoms with Gasteiger partial charge in [0.25, 0.3) is 5.89 Å². The third kappa shape index (κ3) is 3.81. The zero-order valence-corrected chi connectivity index (χ0v) is 14.2. The average molecular weight is 357 g/mol. The van der Waals surface area contributed by atoms with Crippen LogP contribution in [0.2, 0.25) is 5.02 Å².